The molecule has 1 aromatic heterocycles. The fraction of sp³-hybridized carbons (Fsp3) is 0.545. The molecule has 0 aliphatic carbocycles. The van der Waals surface area contributed by atoms with Gasteiger partial charge in [0.25, 0.3) is 5.56 Å². The van der Waals surface area contributed by atoms with E-state index in [0.29, 0.717) is 5.92 Å². The topological polar surface area (TPSA) is 34.0 Å². The minimum atomic E-state index is 0.0907. The first-order valence-electron chi connectivity index (χ1n) is 4.95. The van der Waals surface area contributed by atoms with Crippen LogP contribution in [0, 0.1) is 12.8 Å². The molecule has 0 saturated heterocycles. The van der Waals surface area contributed by atoms with E-state index >= 15 is 0 Å². The lowest BCUT2D eigenvalue weighted by Crippen LogP contribution is -2.26. The average molecular weight is 194 g/mol. The SMILES string of the molecule is CNCC(C)Cn1ccc(C)cc1=O. The Morgan fingerprint density at radius 3 is 2.86 bits per heavy atom. The molecule has 0 radical (unpaired) electrons. The van der Waals surface area contributed by atoms with Crippen molar-refractivity contribution in [1.82, 2.24) is 9.88 Å². The van der Waals surface area contributed by atoms with Gasteiger partial charge in [-0.05, 0) is 38.1 Å². The van der Waals surface area contributed by atoms with E-state index in [4.69, 9.17) is 0 Å². The summed E-state index contributed by atoms with van der Waals surface area (Å²) in [5, 5.41) is 3.10. The summed E-state index contributed by atoms with van der Waals surface area (Å²) in [6.07, 6.45) is 1.86. The van der Waals surface area contributed by atoms with E-state index in [9.17, 15) is 4.79 Å². The highest BCUT2D eigenvalue weighted by Crippen LogP contribution is 1.98. The van der Waals surface area contributed by atoms with Crippen molar-refractivity contribution in [2.45, 2.75) is 20.4 Å². The highest BCUT2D eigenvalue weighted by Gasteiger charge is 2.02. The summed E-state index contributed by atoms with van der Waals surface area (Å²) in [5.74, 6) is 0.473. The maximum atomic E-state index is 11.5. The quantitative estimate of drug-likeness (QED) is 0.776. The molecule has 0 aliphatic rings. The smallest absolute Gasteiger partial charge is 0.250 e. The van der Waals surface area contributed by atoms with E-state index in [0.717, 1.165) is 18.7 Å². The van der Waals surface area contributed by atoms with Crippen LogP contribution in [0.3, 0.4) is 0 Å². The standard InChI is InChI=1S/C11H18N2O/c1-9-4-5-13(11(14)6-9)8-10(2)7-12-3/h4-6,10,12H,7-8H2,1-3H3. The third-order valence-corrected chi connectivity index (χ3v) is 2.21. The Morgan fingerprint density at radius 2 is 2.29 bits per heavy atom. The summed E-state index contributed by atoms with van der Waals surface area (Å²) < 4.78 is 1.76. The molecule has 1 rings (SSSR count). The van der Waals surface area contributed by atoms with Crippen LogP contribution in [0.2, 0.25) is 0 Å². The van der Waals surface area contributed by atoms with Crippen molar-refractivity contribution in [2.24, 2.45) is 5.92 Å². The van der Waals surface area contributed by atoms with Gasteiger partial charge in [0.1, 0.15) is 0 Å². The first kappa shape index (κ1) is 11.0. The van der Waals surface area contributed by atoms with Crippen LogP contribution in [0.5, 0.6) is 0 Å². The van der Waals surface area contributed by atoms with Crippen LogP contribution in [0.4, 0.5) is 0 Å². The zero-order valence-corrected chi connectivity index (χ0v) is 9.08. The Bertz CT molecular complexity index is 343. The van der Waals surface area contributed by atoms with Crippen molar-refractivity contribution >= 4 is 0 Å². The second-order valence-electron chi connectivity index (χ2n) is 3.86. The van der Waals surface area contributed by atoms with Gasteiger partial charge < -0.3 is 9.88 Å². The summed E-state index contributed by atoms with van der Waals surface area (Å²) in [6, 6.07) is 3.64. The molecule has 0 aromatic carbocycles. The molecule has 1 unspecified atom stereocenters. The fourth-order valence-corrected chi connectivity index (χ4v) is 1.51. The Morgan fingerprint density at radius 1 is 1.57 bits per heavy atom. The van der Waals surface area contributed by atoms with Crippen molar-refractivity contribution in [3.8, 4) is 0 Å². The van der Waals surface area contributed by atoms with Gasteiger partial charge >= 0.3 is 0 Å². The largest absolute Gasteiger partial charge is 0.319 e. The lowest BCUT2D eigenvalue weighted by Gasteiger charge is -2.12. The zero-order valence-electron chi connectivity index (χ0n) is 9.08. The number of hydrogen-bond acceptors (Lipinski definition) is 2. The maximum Gasteiger partial charge on any atom is 0.250 e. The molecule has 0 amide bonds. The first-order valence-corrected chi connectivity index (χ1v) is 4.95. The predicted molar refractivity (Wildman–Crippen MR) is 58.5 cm³/mol. The summed E-state index contributed by atoms with van der Waals surface area (Å²) in [7, 11) is 1.93. The van der Waals surface area contributed by atoms with E-state index in [-0.39, 0.29) is 5.56 Å². The van der Waals surface area contributed by atoms with Gasteiger partial charge in [-0.25, -0.2) is 0 Å². The Hall–Kier alpha value is -1.09. The molecule has 1 aromatic rings. The number of nitrogens with zero attached hydrogens (tertiary/aromatic N) is 1. The minimum Gasteiger partial charge on any atom is -0.319 e. The molecule has 1 atom stereocenters. The molecule has 0 spiro atoms. The van der Waals surface area contributed by atoms with Crippen LogP contribution in [-0.2, 0) is 6.54 Å². The molecule has 1 N–H and O–H groups in total. The molecule has 1 heterocycles. The molecule has 14 heavy (non-hydrogen) atoms. The van der Waals surface area contributed by atoms with Gasteiger partial charge in [-0.3, -0.25) is 4.79 Å². The van der Waals surface area contributed by atoms with Crippen LogP contribution in [0.25, 0.3) is 0 Å². The van der Waals surface area contributed by atoms with Gasteiger partial charge in [-0.2, -0.15) is 0 Å². The van der Waals surface area contributed by atoms with E-state index in [1.165, 1.54) is 0 Å². The Kier molecular flexibility index (Phi) is 3.89. The molecular formula is C11H18N2O. The van der Waals surface area contributed by atoms with Crippen molar-refractivity contribution in [3.63, 3.8) is 0 Å². The summed E-state index contributed by atoms with van der Waals surface area (Å²) in [5.41, 5.74) is 1.11. The normalized spacial score (nSPS) is 12.8. The van der Waals surface area contributed by atoms with E-state index < -0.39 is 0 Å². The number of aromatic nitrogens is 1. The molecule has 0 aliphatic heterocycles. The third-order valence-electron chi connectivity index (χ3n) is 2.21. The molecule has 0 fully saturated rings. The van der Waals surface area contributed by atoms with Crippen molar-refractivity contribution in [3.05, 3.63) is 34.2 Å². The van der Waals surface area contributed by atoms with Gasteiger partial charge in [0.05, 0.1) is 0 Å². The molecule has 3 nitrogen and oxygen atoms in total. The van der Waals surface area contributed by atoms with Crippen LogP contribution < -0.4 is 10.9 Å². The zero-order chi connectivity index (χ0) is 10.6. The van der Waals surface area contributed by atoms with Gasteiger partial charge in [0.2, 0.25) is 0 Å². The Balaban J connectivity index is 2.72. The van der Waals surface area contributed by atoms with Gasteiger partial charge in [0, 0.05) is 18.8 Å². The molecule has 78 valence electrons. The van der Waals surface area contributed by atoms with Crippen LogP contribution >= 0.6 is 0 Å². The molecular weight excluding hydrogens is 176 g/mol. The van der Waals surface area contributed by atoms with Crippen LogP contribution in [-0.4, -0.2) is 18.2 Å². The Labute approximate surface area is 84.8 Å². The predicted octanol–water partition coefficient (Wildman–Crippen LogP) is 1.01. The highest BCUT2D eigenvalue weighted by molar-refractivity contribution is 5.07. The van der Waals surface area contributed by atoms with E-state index in [2.05, 4.69) is 12.2 Å². The lowest BCUT2D eigenvalue weighted by atomic mass is 10.2. The van der Waals surface area contributed by atoms with Gasteiger partial charge in [-0.15, -0.1) is 0 Å². The number of aryl methyl sites for hydroxylation is 1. The summed E-state index contributed by atoms with van der Waals surface area (Å²) >= 11 is 0. The second kappa shape index (κ2) is 4.96. The monoisotopic (exact) mass is 194 g/mol. The fourth-order valence-electron chi connectivity index (χ4n) is 1.51. The van der Waals surface area contributed by atoms with Crippen LogP contribution in [0.1, 0.15) is 12.5 Å². The highest BCUT2D eigenvalue weighted by atomic mass is 16.1. The van der Waals surface area contributed by atoms with Crippen LogP contribution in [0.15, 0.2) is 23.1 Å². The number of pyridine rings is 1. The summed E-state index contributed by atoms with van der Waals surface area (Å²) in [6.45, 7) is 5.77. The molecule has 0 saturated carbocycles. The number of nitrogens with one attached hydrogen (secondary N) is 1. The van der Waals surface area contributed by atoms with E-state index in [1.54, 1.807) is 10.6 Å². The second-order valence-corrected chi connectivity index (χ2v) is 3.86. The maximum absolute atomic E-state index is 11.5. The number of hydrogen-bond donors (Lipinski definition) is 1. The van der Waals surface area contributed by atoms with Gasteiger partial charge in [0.15, 0.2) is 0 Å². The summed E-state index contributed by atoms with van der Waals surface area (Å²) in [4.78, 5) is 11.5. The van der Waals surface area contributed by atoms with Gasteiger partial charge in [-0.1, -0.05) is 6.92 Å². The third kappa shape index (κ3) is 3.00. The van der Waals surface area contributed by atoms with Crippen molar-refractivity contribution < 1.29 is 0 Å². The van der Waals surface area contributed by atoms with Crippen molar-refractivity contribution in [2.75, 3.05) is 13.6 Å². The average Bonchev–Trinajstić information content (AvgIpc) is 2.10. The minimum absolute atomic E-state index is 0.0907. The van der Waals surface area contributed by atoms with E-state index in [1.807, 2.05) is 26.2 Å². The van der Waals surface area contributed by atoms with Crippen molar-refractivity contribution in [1.29, 1.82) is 0 Å². The molecule has 0 bridgehead atoms. The first-order chi connectivity index (χ1) is 6.63. The number of rotatable bonds is 4. The lowest BCUT2D eigenvalue weighted by molar-refractivity contribution is 0.454. The molecule has 3 heteroatoms.